The molecule has 7 heteroatoms. The van der Waals surface area contributed by atoms with Crippen molar-refractivity contribution < 1.29 is 9.47 Å². The summed E-state index contributed by atoms with van der Waals surface area (Å²) in [6, 6.07) is 15.7. The highest BCUT2D eigenvalue weighted by molar-refractivity contribution is 7.10. The third kappa shape index (κ3) is 2.94. The molecule has 3 aromatic rings. The maximum atomic E-state index is 6.48. The Morgan fingerprint density at radius 2 is 2.00 bits per heavy atom. The topological polar surface area (TPSA) is 34.1 Å². The van der Waals surface area contributed by atoms with Gasteiger partial charge in [-0.05, 0) is 53.4 Å². The number of benzene rings is 2. The van der Waals surface area contributed by atoms with Crippen molar-refractivity contribution in [1.29, 1.82) is 0 Å². The minimum atomic E-state index is -0.313. The summed E-state index contributed by atoms with van der Waals surface area (Å²) in [5.74, 6) is 1.51. The van der Waals surface area contributed by atoms with Crippen LogP contribution in [-0.4, -0.2) is 17.8 Å². The number of hydrazone groups is 1. The molecule has 3 heterocycles. The van der Waals surface area contributed by atoms with Gasteiger partial charge in [-0.15, -0.1) is 11.3 Å². The van der Waals surface area contributed by atoms with Gasteiger partial charge in [-0.25, -0.2) is 5.01 Å². The Morgan fingerprint density at radius 3 is 2.71 bits per heavy atom. The number of fused-ring (bicyclic) bond motifs is 3. The largest absolute Gasteiger partial charge is 0.497 e. The van der Waals surface area contributed by atoms with E-state index in [9.17, 15) is 0 Å². The monoisotopic (exact) mass is 430 g/mol. The smallest absolute Gasteiger partial charge is 0.223 e. The second-order valence-electron chi connectivity index (χ2n) is 6.67. The summed E-state index contributed by atoms with van der Waals surface area (Å²) in [4.78, 5) is 1.08. The number of halogens is 2. The van der Waals surface area contributed by atoms with Gasteiger partial charge in [0, 0.05) is 17.0 Å². The van der Waals surface area contributed by atoms with E-state index in [4.69, 9.17) is 37.8 Å². The van der Waals surface area contributed by atoms with Crippen LogP contribution in [-0.2, 0) is 0 Å². The predicted molar refractivity (Wildman–Crippen MR) is 113 cm³/mol. The van der Waals surface area contributed by atoms with Gasteiger partial charge in [0.1, 0.15) is 11.5 Å². The van der Waals surface area contributed by atoms with E-state index in [2.05, 4.69) is 6.07 Å². The van der Waals surface area contributed by atoms with Crippen molar-refractivity contribution in [2.45, 2.75) is 18.7 Å². The molecule has 0 spiro atoms. The lowest BCUT2D eigenvalue weighted by Crippen LogP contribution is -2.33. The first-order valence-corrected chi connectivity index (χ1v) is 10.5. The highest BCUT2D eigenvalue weighted by Crippen LogP contribution is 2.51. The lowest BCUT2D eigenvalue weighted by atomic mass is 9.96. The first kappa shape index (κ1) is 17.9. The molecule has 0 saturated carbocycles. The summed E-state index contributed by atoms with van der Waals surface area (Å²) < 4.78 is 11.6. The highest BCUT2D eigenvalue weighted by Gasteiger charge is 2.42. The average molecular weight is 431 g/mol. The summed E-state index contributed by atoms with van der Waals surface area (Å²) in [5, 5.41) is 10.1. The van der Waals surface area contributed by atoms with E-state index >= 15 is 0 Å². The van der Waals surface area contributed by atoms with E-state index in [-0.39, 0.29) is 12.3 Å². The van der Waals surface area contributed by atoms with Crippen LogP contribution in [0.3, 0.4) is 0 Å². The van der Waals surface area contributed by atoms with Gasteiger partial charge in [0.05, 0.1) is 28.8 Å². The molecule has 2 aliphatic rings. The van der Waals surface area contributed by atoms with Crippen molar-refractivity contribution in [2.24, 2.45) is 5.10 Å². The van der Waals surface area contributed by atoms with Gasteiger partial charge in [-0.1, -0.05) is 29.3 Å². The second-order valence-corrected chi connectivity index (χ2v) is 8.49. The number of hydrogen-bond acceptors (Lipinski definition) is 5. The van der Waals surface area contributed by atoms with Crippen molar-refractivity contribution >= 4 is 40.3 Å². The van der Waals surface area contributed by atoms with Crippen molar-refractivity contribution in [1.82, 2.24) is 5.01 Å². The molecule has 0 amide bonds. The Hall–Kier alpha value is -2.21. The van der Waals surface area contributed by atoms with E-state index in [1.165, 1.54) is 0 Å². The normalized spacial score (nSPS) is 20.2. The number of ether oxygens (including phenoxy) is 2. The fourth-order valence-corrected chi connectivity index (χ4v) is 4.99. The van der Waals surface area contributed by atoms with E-state index < -0.39 is 0 Å². The predicted octanol–water partition coefficient (Wildman–Crippen LogP) is 6.31. The molecule has 142 valence electrons. The number of nitrogens with zero attached hydrogens (tertiary/aromatic N) is 2. The van der Waals surface area contributed by atoms with Crippen molar-refractivity contribution in [3.8, 4) is 11.5 Å². The molecule has 1 aromatic heterocycles. The van der Waals surface area contributed by atoms with Gasteiger partial charge in [0.15, 0.2) is 0 Å². The van der Waals surface area contributed by atoms with Crippen molar-refractivity contribution in [3.63, 3.8) is 0 Å². The van der Waals surface area contributed by atoms with Crippen LogP contribution in [0.25, 0.3) is 0 Å². The van der Waals surface area contributed by atoms with Crippen LogP contribution in [0, 0.1) is 0 Å². The van der Waals surface area contributed by atoms with Crippen LogP contribution in [0.4, 0.5) is 0 Å². The molecule has 5 rings (SSSR count). The summed E-state index contributed by atoms with van der Waals surface area (Å²) >= 11 is 14.4. The summed E-state index contributed by atoms with van der Waals surface area (Å²) in [6.07, 6.45) is 0.438. The molecule has 2 atom stereocenters. The summed E-state index contributed by atoms with van der Waals surface area (Å²) in [6.45, 7) is 0. The van der Waals surface area contributed by atoms with E-state index in [0.717, 1.165) is 33.9 Å². The molecule has 0 aliphatic carbocycles. The lowest BCUT2D eigenvalue weighted by Gasteiger charge is -2.38. The Morgan fingerprint density at radius 1 is 1.18 bits per heavy atom. The average Bonchev–Trinajstić information content (AvgIpc) is 3.38. The first-order chi connectivity index (χ1) is 13.6. The van der Waals surface area contributed by atoms with E-state index in [0.29, 0.717) is 15.8 Å². The Bertz CT molecular complexity index is 1050. The van der Waals surface area contributed by atoms with Gasteiger partial charge >= 0.3 is 0 Å². The van der Waals surface area contributed by atoms with Crippen LogP contribution < -0.4 is 9.47 Å². The third-order valence-corrected chi connectivity index (χ3v) is 6.42. The molecular weight excluding hydrogens is 415 g/mol. The Labute approximate surface area is 176 Å². The lowest BCUT2D eigenvalue weighted by molar-refractivity contribution is -0.0165. The molecule has 0 saturated heterocycles. The van der Waals surface area contributed by atoms with Gasteiger partial charge in [-0.2, -0.15) is 5.10 Å². The molecule has 28 heavy (non-hydrogen) atoms. The third-order valence-electron chi connectivity index (χ3n) is 5.02. The summed E-state index contributed by atoms with van der Waals surface area (Å²) in [7, 11) is 1.66. The standard InChI is InChI=1S/C21H16Cl2N2O2S/c1-26-14-6-4-12(5-7-14)17-11-18-15-9-13(22)10-16(23)20(15)27-21(25(18)24-17)19-3-2-8-28-19/h2-10,18,21H,11H2,1H3/t18-,21-/m1/s1. The van der Waals surface area contributed by atoms with Crippen LogP contribution in [0.15, 0.2) is 59.0 Å². The van der Waals surface area contributed by atoms with Crippen LogP contribution >= 0.6 is 34.5 Å². The fraction of sp³-hybridized carbons (Fsp3) is 0.190. The van der Waals surface area contributed by atoms with Crippen molar-refractivity contribution in [2.75, 3.05) is 7.11 Å². The molecule has 0 bridgehead atoms. The van der Waals surface area contributed by atoms with E-state index in [1.807, 2.05) is 46.8 Å². The quantitative estimate of drug-likeness (QED) is 0.488. The first-order valence-electron chi connectivity index (χ1n) is 8.83. The highest BCUT2D eigenvalue weighted by atomic mass is 35.5. The van der Waals surface area contributed by atoms with Gasteiger partial charge in [0.25, 0.3) is 0 Å². The molecule has 4 nitrogen and oxygen atoms in total. The number of thiophene rings is 1. The molecule has 0 N–H and O–H groups in total. The minimum absolute atomic E-state index is 0.0177. The molecule has 0 fully saturated rings. The Kier molecular flexibility index (Phi) is 4.46. The number of methoxy groups -OCH3 is 1. The zero-order valence-corrected chi connectivity index (χ0v) is 17.3. The molecule has 0 radical (unpaired) electrons. The van der Waals surface area contributed by atoms with Crippen molar-refractivity contribution in [3.05, 3.63) is 80.0 Å². The van der Waals surface area contributed by atoms with E-state index in [1.54, 1.807) is 24.5 Å². The molecular formula is C21H16Cl2N2O2S. The number of hydrogen-bond donors (Lipinski definition) is 0. The maximum absolute atomic E-state index is 6.48. The zero-order valence-electron chi connectivity index (χ0n) is 14.9. The van der Waals surface area contributed by atoms with Gasteiger partial charge in [-0.3, -0.25) is 0 Å². The summed E-state index contributed by atoms with van der Waals surface area (Å²) in [5.41, 5.74) is 3.04. The van der Waals surface area contributed by atoms with Gasteiger partial charge in [0.2, 0.25) is 6.23 Å². The van der Waals surface area contributed by atoms with Gasteiger partial charge < -0.3 is 9.47 Å². The minimum Gasteiger partial charge on any atom is -0.497 e. The van der Waals surface area contributed by atoms with Crippen LogP contribution in [0.1, 0.15) is 34.7 Å². The second kappa shape index (κ2) is 6.99. The zero-order chi connectivity index (χ0) is 19.3. The SMILES string of the molecule is COc1ccc(C2=NN3[C@H](C2)c2cc(Cl)cc(Cl)c2O[C@@H]3c2cccs2)cc1. The molecule has 2 aliphatic heterocycles. The van der Waals surface area contributed by atoms with Crippen LogP contribution in [0.5, 0.6) is 11.5 Å². The number of rotatable bonds is 3. The maximum Gasteiger partial charge on any atom is 0.223 e. The fourth-order valence-electron chi connectivity index (χ4n) is 3.69. The Balaban J connectivity index is 1.59. The van der Waals surface area contributed by atoms with Crippen LogP contribution in [0.2, 0.25) is 10.0 Å². The molecule has 2 aromatic carbocycles. The molecule has 0 unspecified atom stereocenters.